The van der Waals surface area contributed by atoms with Crippen LogP contribution in [0.25, 0.3) is 0 Å². The molecule has 29 heavy (non-hydrogen) atoms. The molecule has 1 aliphatic rings. The summed E-state index contributed by atoms with van der Waals surface area (Å²) in [6.45, 7) is 6.90. The minimum atomic E-state index is 0.0432. The Morgan fingerprint density at radius 2 is 2.03 bits per heavy atom. The predicted octanol–water partition coefficient (Wildman–Crippen LogP) is 4.48. The zero-order valence-electron chi connectivity index (χ0n) is 16.6. The lowest BCUT2D eigenvalue weighted by atomic mass is 9.87. The Morgan fingerprint density at radius 3 is 2.72 bits per heavy atom. The number of benzene rings is 1. The SMILES string of the molecule is C=CCn1c(COc2ccc(Cl)cc2)nnc1SCC(=O)NC1CCC(C)CC1. The summed E-state index contributed by atoms with van der Waals surface area (Å²) in [7, 11) is 0. The number of nitrogens with one attached hydrogen (secondary N) is 1. The van der Waals surface area contributed by atoms with Crippen LogP contribution in [0, 0.1) is 5.92 Å². The van der Waals surface area contributed by atoms with Crippen molar-refractivity contribution in [3.05, 3.63) is 47.8 Å². The second-order valence-electron chi connectivity index (χ2n) is 7.35. The lowest BCUT2D eigenvalue weighted by Crippen LogP contribution is -2.38. The molecule has 1 amide bonds. The van der Waals surface area contributed by atoms with Crippen molar-refractivity contribution in [2.24, 2.45) is 5.92 Å². The Morgan fingerprint density at radius 1 is 1.31 bits per heavy atom. The number of hydrogen-bond acceptors (Lipinski definition) is 5. The first-order chi connectivity index (χ1) is 14.0. The van der Waals surface area contributed by atoms with Crippen LogP contribution >= 0.6 is 23.4 Å². The molecule has 8 heteroatoms. The Labute approximate surface area is 181 Å². The maximum absolute atomic E-state index is 12.3. The number of nitrogens with zero attached hydrogens (tertiary/aromatic N) is 3. The van der Waals surface area contributed by atoms with Crippen LogP contribution < -0.4 is 10.1 Å². The van der Waals surface area contributed by atoms with Gasteiger partial charge in [-0.3, -0.25) is 9.36 Å². The summed E-state index contributed by atoms with van der Waals surface area (Å²) in [5.74, 6) is 2.52. The Balaban J connectivity index is 1.54. The van der Waals surface area contributed by atoms with Gasteiger partial charge in [0.15, 0.2) is 11.0 Å². The fourth-order valence-corrected chi connectivity index (χ4v) is 4.23. The van der Waals surface area contributed by atoms with Crippen LogP contribution in [0.2, 0.25) is 5.02 Å². The third-order valence-electron chi connectivity index (χ3n) is 5.00. The van der Waals surface area contributed by atoms with Crippen LogP contribution in [0.4, 0.5) is 0 Å². The van der Waals surface area contributed by atoms with Gasteiger partial charge in [-0.15, -0.1) is 16.8 Å². The topological polar surface area (TPSA) is 69.0 Å². The quantitative estimate of drug-likeness (QED) is 0.465. The molecule has 1 saturated carbocycles. The maximum Gasteiger partial charge on any atom is 0.230 e. The number of amides is 1. The van der Waals surface area contributed by atoms with Gasteiger partial charge in [0.05, 0.1) is 5.75 Å². The van der Waals surface area contributed by atoms with Crippen LogP contribution in [-0.2, 0) is 17.9 Å². The molecular formula is C21H27ClN4O2S. The summed E-state index contributed by atoms with van der Waals surface area (Å²) in [5.41, 5.74) is 0. The summed E-state index contributed by atoms with van der Waals surface area (Å²) < 4.78 is 7.70. The van der Waals surface area contributed by atoms with Crippen molar-refractivity contribution >= 4 is 29.3 Å². The number of halogens is 1. The number of carbonyl (C=O) groups is 1. The predicted molar refractivity (Wildman–Crippen MR) is 116 cm³/mol. The van der Waals surface area contributed by atoms with E-state index in [9.17, 15) is 4.79 Å². The lowest BCUT2D eigenvalue weighted by molar-refractivity contribution is -0.119. The van der Waals surface area contributed by atoms with Gasteiger partial charge in [-0.1, -0.05) is 36.4 Å². The molecule has 0 aliphatic heterocycles. The molecule has 1 aliphatic carbocycles. The highest BCUT2D eigenvalue weighted by Crippen LogP contribution is 2.24. The number of rotatable bonds is 9. The number of carbonyl (C=O) groups excluding carboxylic acids is 1. The molecular weight excluding hydrogens is 408 g/mol. The average molecular weight is 435 g/mol. The average Bonchev–Trinajstić information content (AvgIpc) is 3.10. The Hall–Kier alpha value is -1.99. The molecule has 2 aromatic rings. The summed E-state index contributed by atoms with van der Waals surface area (Å²) in [4.78, 5) is 12.3. The zero-order chi connectivity index (χ0) is 20.6. The molecule has 3 rings (SSSR count). The second kappa shape index (κ2) is 10.7. The van der Waals surface area contributed by atoms with Crippen molar-refractivity contribution in [1.29, 1.82) is 0 Å². The first kappa shape index (κ1) is 21.7. The molecule has 6 nitrogen and oxygen atoms in total. The van der Waals surface area contributed by atoms with Crippen molar-refractivity contribution < 1.29 is 9.53 Å². The molecule has 156 valence electrons. The monoisotopic (exact) mass is 434 g/mol. The molecule has 0 unspecified atom stereocenters. The minimum absolute atomic E-state index is 0.0432. The van der Waals surface area contributed by atoms with E-state index in [-0.39, 0.29) is 12.5 Å². The number of thioether (sulfide) groups is 1. The molecule has 1 aromatic heterocycles. The highest BCUT2D eigenvalue weighted by molar-refractivity contribution is 7.99. The number of aromatic nitrogens is 3. The van der Waals surface area contributed by atoms with E-state index >= 15 is 0 Å². The molecule has 0 atom stereocenters. The van der Waals surface area contributed by atoms with Gasteiger partial charge in [0, 0.05) is 17.6 Å². The van der Waals surface area contributed by atoms with Crippen LogP contribution in [0.15, 0.2) is 42.1 Å². The van der Waals surface area contributed by atoms with Gasteiger partial charge in [0.1, 0.15) is 12.4 Å². The molecule has 0 bridgehead atoms. The first-order valence-electron chi connectivity index (χ1n) is 9.88. The van der Waals surface area contributed by atoms with E-state index in [0.717, 1.165) is 18.8 Å². The van der Waals surface area contributed by atoms with Gasteiger partial charge in [0.2, 0.25) is 5.91 Å². The summed E-state index contributed by atoms with van der Waals surface area (Å²) in [6.07, 6.45) is 6.28. The third-order valence-corrected chi connectivity index (χ3v) is 6.22. The second-order valence-corrected chi connectivity index (χ2v) is 8.73. The highest BCUT2D eigenvalue weighted by atomic mass is 35.5. The number of allylic oxidation sites excluding steroid dienone is 1. The molecule has 1 heterocycles. The third kappa shape index (κ3) is 6.51. The van der Waals surface area contributed by atoms with Gasteiger partial charge >= 0.3 is 0 Å². The summed E-state index contributed by atoms with van der Waals surface area (Å²) in [5, 5.41) is 13.0. The van der Waals surface area contributed by atoms with E-state index in [1.54, 1.807) is 18.2 Å². The van der Waals surface area contributed by atoms with Crippen molar-refractivity contribution in [2.45, 2.75) is 57.0 Å². The zero-order valence-corrected chi connectivity index (χ0v) is 18.2. The van der Waals surface area contributed by atoms with Gasteiger partial charge in [-0.2, -0.15) is 0 Å². The molecule has 1 N–H and O–H groups in total. The van der Waals surface area contributed by atoms with Crippen LogP contribution in [0.1, 0.15) is 38.4 Å². The van der Waals surface area contributed by atoms with E-state index < -0.39 is 0 Å². The van der Waals surface area contributed by atoms with Gasteiger partial charge in [-0.25, -0.2) is 0 Å². The van der Waals surface area contributed by atoms with Crippen molar-refractivity contribution in [1.82, 2.24) is 20.1 Å². The minimum Gasteiger partial charge on any atom is -0.486 e. The fourth-order valence-electron chi connectivity index (χ4n) is 3.33. The molecule has 0 radical (unpaired) electrons. The van der Waals surface area contributed by atoms with E-state index in [4.69, 9.17) is 16.3 Å². The largest absolute Gasteiger partial charge is 0.486 e. The molecule has 1 aromatic carbocycles. The smallest absolute Gasteiger partial charge is 0.230 e. The molecule has 0 saturated heterocycles. The van der Waals surface area contributed by atoms with Crippen LogP contribution in [0.3, 0.4) is 0 Å². The maximum atomic E-state index is 12.3. The van der Waals surface area contributed by atoms with Crippen LogP contribution in [0.5, 0.6) is 5.75 Å². The Bertz CT molecular complexity index is 817. The first-order valence-corrected chi connectivity index (χ1v) is 11.2. The highest BCUT2D eigenvalue weighted by Gasteiger charge is 2.20. The Kier molecular flexibility index (Phi) is 8.00. The normalized spacial score (nSPS) is 19.0. The van der Waals surface area contributed by atoms with Crippen molar-refractivity contribution in [3.63, 3.8) is 0 Å². The molecule has 1 fully saturated rings. The summed E-state index contributed by atoms with van der Waals surface area (Å²) in [6, 6.07) is 7.47. The van der Waals surface area contributed by atoms with Crippen molar-refractivity contribution in [2.75, 3.05) is 5.75 Å². The van der Waals surface area contributed by atoms with Gasteiger partial charge in [-0.05, 0) is 55.9 Å². The van der Waals surface area contributed by atoms with E-state index in [0.29, 0.717) is 40.1 Å². The number of hydrogen-bond donors (Lipinski definition) is 1. The van der Waals surface area contributed by atoms with Crippen molar-refractivity contribution in [3.8, 4) is 5.75 Å². The fraction of sp³-hybridized carbons (Fsp3) is 0.476. The standard InChI is InChI=1S/C21H27ClN4O2S/c1-3-12-26-19(13-28-18-10-6-16(22)7-11-18)24-25-21(26)29-14-20(27)23-17-8-4-15(2)5-9-17/h3,6-7,10-11,15,17H,1,4-5,8-9,12-14H2,2H3,(H,23,27). The lowest BCUT2D eigenvalue weighted by Gasteiger charge is -2.26. The van der Waals surface area contributed by atoms with E-state index in [1.165, 1.54) is 24.6 Å². The number of ether oxygens (including phenoxy) is 1. The summed E-state index contributed by atoms with van der Waals surface area (Å²) >= 11 is 7.28. The van der Waals surface area contributed by atoms with Gasteiger partial charge < -0.3 is 10.1 Å². The van der Waals surface area contributed by atoms with Gasteiger partial charge in [0.25, 0.3) is 0 Å². The van der Waals surface area contributed by atoms with E-state index in [2.05, 4.69) is 29.0 Å². The molecule has 0 spiro atoms. The van der Waals surface area contributed by atoms with Crippen LogP contribution in [-0.4, -0.2) is 32.5 Å². The van der Waals surface area contributed by atoms with E-state index in [1.807, 2.05) is 16.7 Å².